The molecule has 2 aromatic carbocycles. The first-order valence-corrected chi connectivity index (χ1v) is 11.4. The van der Waals surface area contributed by atoms with E-state index in [9.17, 15) is 18.0 Å². The monoisotopic (exact) mass is 429 g/mol. The predicted molar refractivity (Wildman–Crippen MR) is 117 cm³/mol. The van der Waals surface area contributed by atoms with Gasteiger partial charge in [0.25, 0.3) is 5.91 Å². The van der Waals surface area contributed by atoms with Crippen LogP contribution in [0.25, 0.3) is 0 Å². The van der Waals surface area contributed by atoms with Crippen LogP contribution >= 0.6 is 0 Å². The molecule has 1 N–H and O–H groups in total. The number of hydrogen-bond acceptors (Lipinski definition) is 4. The summed E-state index contributed by atoms with van der Waals surface area (Å²) in [6, 6.07) is 12.9. The quantitative estimate of drug-likeness (QED) is 0.788. The maximum Gasteiger partial charge on any atom is 0.255 e. The van der Waals surface area contributed by atoms with E-state index in [1.54, 1.807) is 43.4 Å². The Labute approximate surface area is 177 Å². The average molecular weight is 430 g/mol. The molecule has 3 rings (SSSR count). The van der Waals surface area contributed by atoms with E-state index in [4.69, 9.17) is 0 Å². The highest BCUT2D eigenvalue weighted by Crippen LogP contribution is 2.26. The number of piperidine rings is 1. The van der Waals surface area contributed by atoms with Crippen molar-refractivity contribution in [1.82, 2.24) is 4.31 Å². The predicted octanol–water partition coefficient (Wildman–Crippen LogP) is 3.48. The molecule has 7 nitrogen and oxygen atoms in total. The van der Waals surface area contributed by atoms with E-state index in [0.717, 1.165) is 19.3 Å². The van der Waals surface area contributed by atoms with E-state index < -0.39 is 15.9 Å². The number of benzene rings is 2. The van der Waals surface area contributed by atoms with Crippen LogP contribution in [0.2, 0.25) is 0 Å². The normalized spacial score (nSPS) is 17.4. The minimum absolute atomic E-state index is 0.0483. The molecular formula is C22H27N3O4S. The van der Waals surface area contributed by atoms with Gasteiger partial charge in [-0.15, -0.1) is 0 Å². The maximum atomic E-state index is 13.0. The molecule has 1 aliphatic heterocycles. The fourth-order valence-electron chi connectivity index (χ4n) is 3.52. The lowest BCUT2D eigenvalue weighted by molar-refractivity contribution is -0.116. The van der Waals surface area contributed by atoms with Crippen molar-refractivity contribution in [3.8, 4) is 0 Å². The number of rotatable bonds is 5. The van der Waals surface area contributed by atoms with E-state index >= 15 is 0 Å². The van der Waals surface area contributed by atoms with Crippen molar-refractivity contribution in [3.63, 3.8) is 0 Å². The van der Waals surface area contributed by atoms with Crippen molar-refractivity contribution >= 4 is 33.2 Å². The molecule has 1 unspecified atom stereocenters. The number of nitrogens with one attached hydrogen (secondary N) is 1. The Morgan fingerprint density at radius 2 is 1.80 bits per heavy atom. The van der Waals surface area contributed by atoms with Gasteiger partial charge in [-0.1, -0.05) is 12.5 Å². The summed E-state index contributed by atoms with van der Waals surface area (Å²) in [5.41, 5.74) is 1.54. The standard InChI is InChI=1S/C22H27N3O4S/c1-16-7-4-5-14-25(16)30(28,29)21-9-6-8-18(15-21)22(27)23-19-10-12-20(13-11-19)24(3)17(2)26/h6,8-13,15-16H,4-5,7,14H2,1-3H3,(H,23,27). The van der Waals surface area contributed by atoms with Gasteiger partial charge < -0.3 is 10.2 Å². The summed E-state index contributed by atoms with van der Waals surface area (Å²) >= 11 is 0. The molecule has 0 spiro atoms. The molecule has 2 amide bonds. The number of anilines is 2. The molecule has 1 fully saturated rings. The van der Waals surface area contributed by atoms with E-state index in [0.29, 0.717) is 17.9 Å². The fraction of sp³-hybridized carbons (Fsp3) is 0.364. The molecule has 160 valence electrons. The van der Waals surface area contributed by atoms with Gasteiger partial charge in [0, 0.05) is 43.5 Å². The van der Waals surface area contributed by atoms with Gasteiger partial charge in [0.2, 0.25) is 15.9 Å². The first-order valence-electron chi connectivity index (χ1n) is 9.98. The van der Waals surface area contributed by atoms with Crippen LogP contribution < -0.4 is 10.2 Å². The highest BCUT2D eigenvalue weighted by Gasteiger charge is 2.31. The third kappa shape index (κ3) is 4.71. The SMILES string of the molecule is CC(=O)N(C)c1ccc(NC(=O)c2cccc(S(=O)(=O)N3CCCCC3C)c2)cc1. The summed E-state index contributed by atoms with van der Waals surface area (Å²) in [6.07, 6.45) is 2.71. The van der Waals surface area contributed by atoms with Crippen molar-refractivity contribution in [2.75, 3.05) is 23.8 Å². The second-order valence-electron chi connectivity index (χ2n) is 7.57. The molecule has 0 radical (unpaired) electrons. The lowest BCUT2D eigenvalue weighted by Crippen LogP contribution is -2.41. The zero-order chi connectivity index (χ0) is 21.9. The van der Waals surface area contributed by atoms with E-state index in [1.807, 2.05) is 6.92 Å². The largest absolute Gasteiger partial charge is 0.322 e. The number of nitrogens with zero attached hydrogens (tertiary/aromatic N) is 2. The van der Waals surface area contributed by atoms with Gasteiger partial charge in [-0.2, -0.15) is 4.31 Å². The molecule has 0 saturated carbocycles. The third-order valence-electron chi connectivity index (χ3n) is 5.43. The van der Waals surface area contributed by atoms with Crippen molar-refractivity contribution in [2.24, 2.45) is 0 Å². The lowest BCUT2D eigenvalue weighted by Gasteiger charge is -2.32. The molecule has 1 saturated heterocycles. The van der Waals surface area contributed by atoms with Crippen LogP contribution in [0, 0.1) is 0 Å². The third-order valence-corrected chi connectivity index (χ3v) is 7.44. The molecule has 30 heavy (non-hydrogen) atoms. The van der Waals surface area contributed by atoms with Crippen molar-refractivity contribution < 1.29 is 18.0 Å². The number of carbonyl (C=O) groups excluding carboxylic acids is 2. The fourth-order valence-corrected chi connectivity index (χ4v) is 5.26. The van der Waals surface area contributed by atoms with E-state index in [1.165, 1.54) is 28.3 Å². The maximum absolute atomic E-state index is 13.0. The van der Waals surface area contributed by atoms with Crippen LogP contribution in [0.15, 0.2) is 53.4 Å². The summed E-state index contributed by atoms with van der Waals surface area (Å²) in [5, 5.41) is 2.77. The summed E-state index contributed by atoms with van der Waals surface area (Å²) in [5.74, 6) is -0.487. The molecule has 1 aliphatic rings. The minimum Gasteiger partial charge on any atom is -0.322 e. The van der Waals surface area contributed by atoms with Gasteiger partial charge in [0.1, 0.15) is 0 Å². The van der Waals surface area contributed by atoms with Crippen LogP contribution in [0.5, 0.6) is 0 Å². The van der Waals surface area contributed by atoms with Crippen LogP contribution in [-0.4, -0.2) is 44.2 Å². The number of hydrogen-bond donors (Lipinski definition) is 1. The summed E-state index contributed by atoms with van der Waals surface area (Å²) in [6.45, 7) is 3.89. The smallest absolute Gasteiger partial charge is 0.255 e. The second kappa shape index (κ2) is 8.97. The summed E-state index contributed by atoms with van der Waals surface area (Å²) in [7, 11) is -1.98. The van der Waals surface area contributed by atoms with Gasteiger partial charge in [0.15, 0.2) is 0 Å². The van der Waals surface area contributed by atoms with Gasteiger partial charge in [-0.3, -0.25) is 9.59 Å². The topological polar surface area (TPSA) is 86.8 Å². The van der Waals surface area contributed by atoms with Gasteiger partial charge in [-0.25, -0.2) is 8.42 Å². The Balaban J connectivity index is 1.77. The van der Waals surface area contributed by atoms with Gasteiger partial charge in [-0.05, 0) is 62.2 Å². The Morgan fingerprint density at radius 1 is 1.10 bits per heavy atom. The Kier molecular flexibility index (Phi) is 6.58. The Bertz CT molecular complexity index is 1030. The Morgan fingerprint density at radius 3 is 2.43 bits per heavy atom. The van der Waals surface area contributed by atoms with Crippen LogP contribution in [-0.2, 0) is 14.8 Å². The number of carbonyl (C=O) groups is 2. The molecule has 1 atom stereocenters. The van der Waals surface area contributed by atoms with Crippen molar-refractivity contribution in [1.29, 1.82) is 0 Å². The average Bonchev–Trinajstić information content (AvgIpc) is 2.74. The molecule has 2 aromatic rings. The molecule has 0 aliphatic carbocycles. The highest BCUT2D eigenvalue weighted by molar-refractivity contribution is 7.89. The molecular weight excluding hydrogens is 402 g/mol. The van der Waals surface area contributed by atoms with E-state index in [-0.39, 0.29) is 22.4 Å². The van der Waals surface area contributed by atoms with E-state index in [2.05, 4.69) is 5.32 Å². The number of amides is 2. The molecule has 0 bridgehead atoms. The van der Waals surface area contributed by atoms with Gasteiger partial charge in [0.05, 0.1) is 4.90 Å². The zero-order valence-corrected chi connectivity index (χ0v) is 18.3. The zero-order valence-electron chi connectivity index (χ0n) is 17.5. The van der Waals surface area contributed by atoms with Crippen molar-refractivity contribution in [2.45, 2.75) is 44.0 Å². The van der Waals surface area contributed by atoms with Crippen LogP contribution in [0.4, 0.5) is 11.4 Å². The summed E-state index contributed by atoms with van der Waals surface area (Å²) in [4.78, 5) is 25.7. The molecule has 0 aromatic heterocycles. The molecule has 1 heterocycles. The Hall–Kier alpha value is -2.71. The van der Waals surface area contributed by atoms with Crippen LogP contribution in [0.1, 0.15) is 43.5 Å². The number of sulfonamides is 1. The van der Waals surface area contributed by atoms with Crippen molar-refractivity contribution in [3.05, 3.63) is 54.1 Å². The second-order valence-corrected chi connectivity index (χ2v) is 9.46. The highest BCUT2D eigenvalue weighted by atomic mass is 32.2. The first kappa shape index (κ1) is 22.0. The molecule has 8 heteroatoms. The van der Waals surface area contributed by atoms with Crippen LogP contribution in [0.3, 0.4) is 0 Å². The minimum atomic E-state index is -3.65. The van der Waals surface area contributed by atoms with Gasteiger partial charge >= 0.3 is 0 Å². The summed E-state index contributed by atoms with van der Waals surface area (Å²) < 4.78 is 27.6. The first-order chi connectivity index (χ1) is 14.2. The lowest BCUT2D eigenvalue weighted by atomic mass is 10.1.